The van der Waals surface area contributed by atoms with Gasteiger partial charge < -0.3 is 5.32 Å². The van der Waals surface area contributed by atoms with Crippen LogP contribution in [0.25, 0.3) is 0 Å². The molecule has 0 fully saturated rings. The number of aryl methyl sites for hydroxylation is 1. The molecule has 0 unspecified atom stereocenters. The molecule has 94 valence electrons. The van der Waals surface area contributed by atoms with E-state index in [0.29, 0.717) is 11.3 Å². The Balaban J connectivity index is 2.19. The molecule has 0 aliphatic rings. The van der Waals surface area contributed by atoms with Gasteiger partial charge in [0.15, 0.2) is 0 Å². The van der Waals surface area contributed by atoms with Crippen molar-refractivity contribution in [3.8, 4) is 0 Å². The maximum atomic E-state index is 13.6. The van der Waals surface area contributed by atoms with E-state index in [4.69, 9.17) is 11.6 Å². The van der Waals surface area contributed by atoms with E-state index in [1.54, 1.807) is 31.2 Å². The summed E-state index contributed by atoms with van der Waals surface area (Å²) in [6.45, 7) is 2.08. The Morgan fingerprint density at radius 1 is 1.06 bits per heavy atom. The van der Waals surface area contributed by atoms with Crippen LogP contribution in [0.1, 0.15) is 11.1 Å². The minimum absolute atomic E-state index is 0.0685. The number of hydrogen-bond donors (Lipinski definition) is 1. The molecule has 2 aromatic carbocycles. The topological polar surface area (TPSA) is 12.0 Å². The summed E-state index contributed by atoms with van der Waals surface area (Å²) in [4.78, 5) is 0. The van der Waals surface area contributed by atoms with E-state index in [9.17, 15) is 8.78 Å². The van der Waals surface area contributed by atoms with Gasteiger partial charge in [-0.1, -0.05) is 35.9 Å². The van der Waals surface area contributed by atoms with Gasteiger partial charge in [0.05, 0.1) is 10.7 Å². The van der Waals surface area contributed by atoms with E-state index in [2.05, 4.69) is 5.32 Å². The van der Waals surface area contributed by atoms with Crippen LogP contribution in [0.2, 0.25) is 5.02 Å². The zero-order valence-corrected chi connectivity index (χ0v) is 10.6. The average molecular weight is 268 g/mol. The lowest BCUT2D eigenvalue weighted by molar-refractivity contribution is 0.625. The van der Waals surface area contributed by atoms with Gasteiger partial charge in [0, 0.05) is 6.54 Å². The van der Waals surface area contributed by atoms with Crippen molar-refractivity contribution in [2.45, 2.75) is 13.5 Å². The summed E-state index contributed by atoms with van der Waals surface area (Å²) < 4.78 is 26.8. The van der Waals surface area contributed by atoms with Gasteiger partial charge >= 0.3 is 0 Å². The monoisotopic (exact) mass is 267 g/mol. The zero-order chi connectivity index (χ0) is 13.1. The lowest BCUT2D eigenvalue weighted by Gasteiger charge is -2.11. The summed E-state index contributed by atoms with van der Waals surface area (Å²) in [7, 11) is 0. The second kappa shape index (κ2) is 5.36. The van der Waals surface area contributed by atoms with Gasteiger partial charge in [-0.2, -0.15) is 0 Å². The molecule has 0 atom stereocenters. The molecule has 0 saturated carbocycles. The summed E-state index contributed by atoms with van der Waals surface area (Å²) in [5.41, 5.74) is 1.81. The maximum Gasteiger partial charge on any atom is 0.146 e. The van der Waals surface area contributed by atoms with Crippen molar-refractivity contribution in [3.05, 3.63) is 64.2 Å². The quantitative estimate of drug-likeness (QED) is 0.861. The fourth-order valence-electron chi connectivity index (χ4n) is 1.72. The van der Waals surface area contributed by atoms with E-state index in [1.807, 2.05) is 0 Å². The third-order valence-corrected chi connectivity index (χ3v) is 3.13. The summed E-state index contributed by atoms with van der Waals surface area (Å²) >= 11 is 5.83. The molecule has 0 radical (unpaired) electrons. The Hall–Kier alpha value is -1.61. The van der Waals surface area contributed by atoms with Crippen molar-refractivity contribution in [2.75, 3.05) is 5.32 Å². The molecule has 2 aromatic rings. The first-order valence-corrected chi connectivity index (χ1v) is 5.89. The standard InChI is InChI=1S/C14H12ClF2N/c1-9-4-2-7-12(17)14(9)18-8-10-5-3-6-11(16)13(10)15/h2-7,18H,8H2,1H3. The predicted molar refractivity (Wildman–Crippen MR) is 69.9 cm³/mol. The Kier molecular flexibility index (Phi) is 3.82. The summed E-state index contributed by atoms with van der Waals surface area (Å²) in [6.07, 6.45) is 0. The highest BCUT2D eigenvalue weighted by Gasteiger charge is 2.08. The number of hydrogen-bond acceptors (Lipinski definition) is 1. The summed E-state index contributed by atoms with van der Waals surface area (Å²) in [5.74, 6) is -0.802. The Morgan fingerprint density at radius 2 is 1.72 bits per heavy atom. The predicted octanol–water partition coefficient (Wildman–Crippen LogP) is 4.54. The van der Waals surface area contributed by atoms with Crippen LogP contribution < -0.4 is 5.32 Å². The smallest absolute Gasteiger partial charge is 0.146 e. The summed E-state index contributed by atoms with van der Waals surface area (Å²) in [6, 6.07) is 9.40. The third kappa shape index (κ3) is 2.62. The van der Waals surface area contributed by atoms with Gasteiger partial charge in [0.1, 0.15) is 11.6 Å². The van der Waals surface area contributed by atoms with Crippen LogP contribution in [0.4, 0.5) is 14.5 Å². The van der Waals surface area contributed by atoms with Crippen LogP contribution in [0, 0.1) is 18.6 Å². The molecule has 0 aliphatic heterocycles. The molecule has 0 aromatic heterocycles. The molecule has 0 saturated heterocycles. The number of nitrogens with one attached hydrogen (secondary N) is 1. The molecular weight excluding hydrogens is 256 g/mol. The van der Waals surface area contributed by atoms with Crippen molar-refractivity contribution in [3.63, 3.8) is 0 Å². The highest BCUT2D eigenvalue weighted by Crippen LogP contribution is 2.23. The second-order valence-corrected chi connectivity index (χ2v) is 4.38. The fourth-order valence-corrected chi connectivity index (χ4v) is 1.92. The average Bonchev–Trinajstić information content (AvgIpc) is 2.33. The van der Waals surface area contributed by atoms with E-state index in [-0.39, 0.29) is 17.4 Å². The van der Waals surface area contributed by atoms with Crippen molar-refractivity contribution in [2.24, 2.45) is 0 Å². The second-order valence-electron chi connectivity index (χ2n) is 4.00. The Labute approximate surface area is 109 Å². The van der Waals surface area contributed by atoms with Crippen LogP contribution in [-0.4, -0.2) is 0 Å². The molecule has 2 rings (SSSR count). The van der Waals surface area contributed by atoms with Gasteiger partial charge in [-0.3, -0.25) is 0 Å². The molecule has 1 nitrogen and oxygen atoms in total. The van der Waals surface area contributed by atoms with Gasteiger partial charge in [-0.15, -0.1) is 0 Å². The minimum Gasteiger partial charge on any atom is -0.378 e. The molecule has 0 heterocycles. The summed E-state index contributed by atoms with van der Waals surface area (Å²) in [5, 5.41) is 3.01. The lowest BCUT2D eigenvalue weighted by Crippen LogP contribution is -2.04. The van der Waals surface area contributed by atoms with Gasteiger partial charge in [0.2, 0.25) is 0 Å². The first kappa shape index (κ1) is 12.8. The molecule has 18 heavy (non-hydrogen) atoms. The Morgan fingerprint density at radius 3 is 2.44 bits per heavy atom. The van der Waals surface area contributed by atoms with Crippen LogP contribution in [0.3, 0.4) is 0 Å². The third-order valence-electron chi connectivity index (χ3n) is 2.71. The van der Waals surface area contributed by atoms with E-state index in [1.165, 1.54) is 12.1 Å². The number of para-hydroxylation sites is 1. The van der Waals surface area contributed by atoms with Crippen LogP contribution in [0.5, 0.6) is 0 Å². The minimum atomic E-state index is -0.471. The normalized spacial score (nSPS) is 10.4. The van der Waals surface area contributed by atoms with Crippen molar-refractivity contribution < 1.29 is 8.78 Å². The number of rotatable bonds is 3. The van der Waals surface area contributed by atoms with Gasteiger partial charge in [-0.25, -0.2) is 8.78 Å². The number of anilines is 1. The first-order valence-electron chi connectivity index (χ1n) is 5.51. The lowest BCUT2D eigenvalue weighted by atomic mass is 10.1. The molecule has 1 N–H and O–H groups in total. The largest absolute Gasteiger partial charge is 0.378 e. The highest BCUT2D eigenvalue weighted by atomic mass is 35.5. The van der Waals surface area contributed by atoms with Crippen molar-refractivity contribution >= 4 is 17.3 Å². The molecular formula is C14H12ClF2N. The van der Waals surface area contributed by atoms with Crippen molar-refractivity contribution in [1.82, 2.24) is 0 Å². The molecule has 0 bridgehead atoms. The molecule has 4 heteroatoms. The van der Waals surface area contributed by atoms with Crippen LogP contribution in [0.15, 0.2) is 36.4 Å². The van der Waals surface area contributed by atoms with E-state index in [0.717, 1.165) is 5.56 Å². The number of halogens is 3. The zero-order valence-electron chi connectivity index (χ0n) is 9.81. The molecule has 0 spiro atoms. The first-order chi connectivity index (χ1) is 8.59. The van der Waals surface area contributed by atoms with Crippen LogP contribution >= 0.6 is 11.6 Å². The van der Waals surface area contributed by atoms with E-state index >= 15 is 0 Å². The van der Waals surface area contributed by atoms with E-state index < -0.39 is 5.82 Å². The molecule has 0 aliphatic carbocycles. The number of benzene rings is 2. The highest BCUT2D eigenvalue weighted by molar-refractivity contribution is 6.31. The maximum absolute atomic E-state index is 13.6. The van der Waals surface area contributed by atoms with Gasteiger partial charge in [-0.05, 0) is 30.2 Å². The molecule has 0 amide bonds. The van der Waals surface area contributed by atoms with Gasteiger partial charge in [0.25, 0.3) is 0 Å². The van der Waals surface area contributed by atoms with Crippen LogP contribution in [-0.2, 0) is 6.54 Å². The van der Waals surface area contributed by atoms with Crippen molar-refractivity contribution in [1.29, 1.82) is 0 Å². The fraction of sp³-hybridized carbons (Fsp3) is 0.143. The SMILES string of the molecule is Cc1cccc(F)c1NCc1cccc(F)c1Cl. The Bertz CT molecular complexity index is 549.